The van der Waals surface area contributed by atoms with Crippen LogP contribution in [0.25, 0.3) is 11.5 Å². The summed E-state index contributed by atoms with van der Waals surface area (Å²) in [5.41, 5.74) is 5.07. The van der Waals surface area contributed by atoms with Crippen molar-refractivity contribution in [1.82, 2.24) is 20.0 Å². The van der Waals surface area contributed by atoms with Gasteiger partial charge in [-0.15, -0.1) is 5.10 Å². The average molecular weight is 397 g/mol. The highest BCUT2D eigenvalue weighted by molar-refractivity contribution is 7.71. The number of nitrogens with zero attached hydrogens (tertiary/aromatic N) is 3. The second-order valence-corrected chi connectivity index (χ2v) is 7.25. The third-order valence-electron chi connectivity index (χ3n) is 4.63. The maximum Gasteiger partial charge on any atom is 0.288 e. The molecule has 1 amide bonds. The van der Waals surface area contributed by atoms with Gasteiger partial charge in [0.25, 0.3) is 10.7 Å². The number of hydrogen-bond acceptors (Lipinski definition) is 5. The van der Waals surface area contributed by atoms with Gasteiger partial charge in [0.1, 0.15) is 0 Å². The molecule has 1 heterocycles. The number of benzene rings is 2. The zero-order valence-electron chi connectivity index (χ0n) is 16.5. The number of aryl methyl sites for hydroxylation is 2. The molecule has 146 valence electrons. The van der Waals surface area contributed by atoms with Crippen LogP contribution in [0.2, 0.25) is 0 Å². The van der Waals surface area contributed by atoms with Crippen molar-refractivity contribution in [3.8, 4) is 11.5 Å². The first-order valence-electron chi connectivity index (χ1n) is 9.02. The van der Waals surface area contributed by atoms with Gasteiger partial charge in [0.05, 0.1) is 6.67 Å². The number of amides is 1. The van der Waals surface area contributed by atoms with E-state index in [0.717, 1.165) is 11.1 Å². The Labute approximate surface area is 169 Å². The molecule has 0 saturated carbocycles. The van der Waals surface area contributed by atoms with E-state index in [0.29, 0.717) is 29.5 Å². The molecule has 1 aromatic heterocycles. The zero-order chi connectivity index (χ0) is 20.3. The van der Waals surface area contributed by atoms with Gasteiger partial charge >= 0.3 is 0 Å². The molecular formula is C21H24N4O2S. The molecule has 0 aliphatic carbocycles. The minimum Gasteiger partial charge on any atom is -0.409 e. The van der Waals surface area contributed by atoms with Crippen molar-refractivity contribution < 1.29 is 9.21 Å². The molecule has 6 nitrogen and oxygen atoms in total. The highest BCUT2D eigenvalue weighted by Gasteiger charge is 2.11. The summed E-state index contributed by atoms with van der Waals surface area (Å²) in [5, 5.41) is 7.15. The summed E-state index contributed by atoms with van der Waals surface area (Å²) in [5.74, 6) is 0.434. The number of nitrogens with one attached hydrogen (secondary N) is 1. The topological polar surface area (TPSA) is 63.3 Å². The first kappa shape index (κ1) is 20.0. The Morgan fingerprint density at radius 3 is 2.54 bits per heavy atom. The molecule has 7 heteroatoms. The van der Waals surface area contributed by atoms with E-state index in [4.69, 9.17) is 16.6 Å². The van der Waals surface area contributed by atoms with Crippen LogP contribution < -0.4 is 5.32 Å². The maximum absolute atomic E-state index is 11.6. The number of hydrogen-bond donors (Lipinski definition) is 1. The molecule has 0 aliphatic rings. The predicted octanol–water partition coefficient (Wildman–Crippen LogP) is 3.94. The van der Waals surface area contributed by atoms with Gasteiger partial charge in [0.2, 0.25) is 5.89 Å². The zero-order valence-corrected chi connectivity index (χ0v) is 17.3. The second kappa shape index (κ2) is 8.50. The highest BCUT2D eigenvalue weighted by atomic mass is 32.1. The predicted molar refractivity (Wildman–Crippen MR) is 112 cm³/mol. The maximum atomic E-state index is 11.6. The molecular weight excluding hydrogens is 372 g/mol. The fourth-order valence-corrected chi connectivity index (χ4v) is 3.06. The summed E-state index contributed by atoms with van der Waals surface area (Å²) in [6, 6.07) is 13.6. The molecule has 0 fully saturated rings. The molecule has 0 bridgehead atoms. The Hall–Kier alpha value is -2.77. The van der Waals surface area contributed by atoms with Crippen LogP contribution in [0.1, 0.15) is 27.0 Å². The lowest BCUT2D eigenvalue weighted by molar-refractivity contribution is 0.0963. The van der Waals surface area contributed by atoms with Crippen LogP contribution in [0.15, 0.2) is 46.9 Å². The number of carbonyl (C=O) groups excluding carboxylic acids is 1. The second-order valence-electron chi connectivity index (χ2n) is 6.90. The van der Waals surface area contributed by atoms with Crippen LogP contribution in [0.5, 0.6) is 0 Å². The standard InChI is InChI=1S/C21H24N4O2S/c1-14-5-8-18(11-15(14)2)20-23-25(21(28)27-20)13-24(4)12-16-6-9-17(10-7-16)19(26)22-3/h5-11H,12-13H2,1-4H3,(H,22,26). The van der Waals surface area contributed by atoms with Gasteiger partial charge in [-0.05, 0) is 74.1 Å². The van der Waals surface area contributed by atoms with Crippen molar-refractivity contribution >= 4 is 18.1 Å². The van der Waals surface area contributed by atoms with Gasteiger partial charge in [-0.1, -0.05) is 18.2 Å². The first-order valence-corrected chi connectivity index (χ1v) is 9.43. The summed E-state index contributed by atoms with van der Waals surface area (Å²) in [6.45, 7) is 5.34. The lowest BCUT2D eigenvalue weighted by Gasteiger charge is -2.16. The van der Waals surface area contributed by atoms with Crippen LogP contribution in [0.4, 0.5) is 0 Å². The van der Waals surface area contributed by atoms with Crippen molar-refractivity contribution in [3.63, 3.8) is 0 Å². The average Bonchev–Trinajstić information content (AvgIpc) is 3.04. The van der Waals surface area contributed by atoms with E-state index >= 15 is 0 Å². The van der Waals surface area contributed by atoms with Crippen LogP contribution in [-0.4, -0.2) is 34.7 Å². The lowest BCUT2D eigenvalue weighted by atomic mass is 10.1. The minimum atomic E-state index is -0.0901. The minimum absolute atomic E-state index is 0.0901. The Morgan fingerprint density at radius 2 is 1.89 bits per heavy atom. The Kier molecular flexibility index (Phi) is 6.06. The van der Waals surface area contributed by atoms with Crippen molar-refractivity contribution in [3.05, 3.63) is 69.6 Å². The van der Waals surface area contributed by atoms with E-state index in [-0.39, 0.29) is 5.91 Å². The van der Waals surface area contributed by atoms with E-state index < -0.39 is 0 Å². The van der Waals surface area contributed by atoms with E-state index in [1.54, 1.807) is 11.7 Å². The van der Waals surface area contributed by atoms with E-state index in [2.05, 4.69) is 41.3 Å². The van der Waals surface area contributed by atoms with Crippen molar-refractivity contribution in [1.29, 1.82) is 0 Å². The molecule has 0 unspecified atom stereocenters. The molecule has 1 N–H and O–H groups in total. The van der Waals surface area contributed by atoms with Gasteiger partial charge in [-0.25, -0.2) is 4.68 Å². The quantitative estimate of drug-likeness (QED) is 0.640. The molecule has 0 spiro atoms. The lowest BCUT2D eigenvalue weighted by Crippen LogP contribution is -2.22. The summed E-state index contributed by atoms with van der Waals surface area (Å²) in [6.07, 6.45) is 0. The van der Waals surface area contributed by atoms with Crippen molar-refractivity contribution in [2.24, 2.45) is 0 Å². The van der Waals surface area contributed by atoms with Crippen molar-refractivity contribution in [2.45, 2.75) is 27.1 Å². The largest absolute Gasteiger partial charge is 0.409 e. The molecule has 0 radical (unpaired) electrons. The fourth-order valence-electron chi connectivity index (χ4n) is 2.88. The van der Waals surface area contributed by atoms with Crippen molar-refractivity contribution in [2.75, 3.05) is 14.1 Å². The molecule has 2 aromatic carbocycles. The normalized spacial score (nSPS) is 11.0. The van der Waals surface area contributed by atoms with Gasteiger partial charge in [0.15, 0.2) is 0 Å². The van der Waals surface area contributed by atoms with Crippen LogP contribution in [0.3, 0.4) is 0 Å². The smallest absolute Gasteiger partial charge is 0.288 e. The summed E-state index contributed by atoms with van der Waals surface area (Å²) in [4.78, 5) is 14.1. The Morgan fingerprint density at radius 1 is 1.18 bits per heavy atom. The SMILES string of the molecule is CNC(=O)c1ccc(CN(C)Cn2nc(-c3ccc(C)c(C)c3)oc2=S)cc1. The number of rotatable bonds is 6. The van der Waals surface area contributed by atoms with E-state index in [1.165, 1.54) is 11.1 Å². The third-order valence-corrected chi connectivity index (χ3v) is 4.93. The summed E-state index contributed by atoms with van der Waals surface area (Å²) < 4.78 is 7.38. The molecule has 28 heavy (non-hydrogen) atoms. The van der Waals surface area contributed by atoms with Gasteiger partial charge in [-0.2, -0.15) is 0 Å². The monoisotopic (exact) mass is 396 g/mol. The highest BCUT2D eigenvalue weighted by Crippen LogP contribution is 2.21. The molecule has 0 atom stereocenters. The number of carbonyl (C=O) groups is 1. The van der Waals surface area contributed by atoms with Gasteiger partial charge < -0.3 is 9.73 Å². The number of aromatic nitrogens is 2. The van der Waals surface area contributed by atoms with E-state index in [1.807, 2.05) is 37.4 Å². The molecule has 0 aliphatic heterocycles. The molecule has 3 rings (SSSR count). The molecule has 0 saturated heterocycles. The van der Waals surface area contributed by atoms with Crippen LogP contribution in [0, 0.1) is 18.7 Å². The Balaban J connectivity index is 1.69. The van der Waals surface area contributed by atoms with Crippen LogP contribution in [-0.2, 0) is 13.2 Å². The van der Waals surface area contributed by atoms with Gasteiger partial charge in [0, 0.05) is 24.7 Å². The first-order chi connectivity index (χ1) is 13.4. The fraction of sp³-hybridized carbons (Fsp3) is 0.286. The van der Waals surface area contributed by atoms with Gasteiger partial charge in [-0.3, -0.25) is 9.69 Å². The third kappa shape index (κ3) is 4.55. The summed E-state index contributed by atoms with van der Waals surface area (Å²) in [7, 11) is 3.61. The molecule has 3 aromatic rings. The summed E-state index contributed by atoms with van der Waals surface area (Å²) >= 11 is 5.34. The van der Waals surface area contributed by atoms with E-state index in [9.17, 15) is 4.79 Å². The Bertz CT molecular complexity index is 1040. The van der Waals surface area contributed by atoms with Crippen LogP contribution >= 0.6 is 12.2 Å².